The average molecular weight is 364 g/mol. The van der Waals surface area contributed by atoms with E-state index < -0.39 is 0 Å². The SMILES string of the molecule is CCNC(=O)CNC(=O)CSc1ncnc2sc3c(c12)CCCC3. The minimum absolute atomic E-state index is 0.0142. The number of nitrogens with one attached hydrogen (secondary N) is 2. The van der Waals surface area contributed by atoms with Crippen LogP contribution in [0.2, 0.25) is 0 Å². The first kappa shape index (κ1) is 17.2. The number of aryl methyl sites for hydroxylation is 2. The van der Waals surface area contributed by atoms with Gasteiger partial charge in [-0.05, 0) is 38.2 Å². The van der Waals surface area contributed by atoms with Gasteiger partial charge in [0.25, 0.3) is 0 Å². The van der Waals surface area contributed by atoms with Gasteiger partial charge in [-0.2, -0.15) is 0 Å². The molecule has 0 saturated carbocycles. The maximum atomic E-state index is 11.9. The summed E-state index contributed by atoms with van der Waals surface area (Å²) in [4.78, 5) is 34.5. The van der Waals surface area contributed by atoms with Crippen LogP contribution < -0.4 is 10.6 Å². The van der Waals surface area contributed by atoms with Crippen molar-refractivity contribution >= 4 is 45.1 Å². The van der Waals surface area contributed by atoms with Crippen molar-refractivity contribution in [1.29, 1.82) is 0 Å². The second-order valence-corrected chi connectivity index (χ2v) is 7.64. The highest BCUT2D eigenvalue weighted by Crippen LogP contribution is 2.39. The minimum atomic E-state index is -0.174. The van der Waals surface area contributed by atoms with Gasteiger partial charge < -0.3 is 10.6 Å². The van der Waals surface area contributed by atoms with Crippen LogP contribution in [0.4, 0.5) is 0 Å². The Morgan fingerprint density at radius 3 is 2.88 bits per heavy atom. The van der Waals surface area contributed by atoms with Crippen LogP contribution in [0.1, 0.15) is 30.2 Å². The lowest BCUT2D eigenvalue weighted by molar-refractivity contribution is -0.124. The zero-order valence-electron chi connectivity index (χ0n) is 13.6. The number of hydrogen-bond donors (Lipinski definition) is 2. The Bertz CT molecular complexity index is 760. The van der Waals surface area contributed by atoms with Crippen LogP contribution in [0.3, 0.4) is 0 Å². The van der Waals surface area contributed by atoms with Crippen LogP contribution in [0, 0.1) is 0 Å². The summed E-state index contributed by atoms with van der Waals surface area (Å²) in [6.07, 6.45) is 6.19. The van der Waals surface area contributed by atoms with E-state index in [4.69, 9.17) is 0 Å². The van der Waals surface area contributed by atoms with E-state index in [9.17, 15) is 9.59 Å². The Morgan fingerprint density at radius 1 is 1.21 bits per heavy atom. The Hall–Kier alpha value is -1.67. The molecule has 0 fully saturated rings. The van der Waals surface area contributed by atoms with Gasteiger partial charge in [0.2, 0.25) is 11.8 Å². The number of carbonyl (C=O) groups excluding carboxylic acids is 2. The van der Waals surface area contributed by atoms with E-state index in [1.807, 2.05) is 6.92 Å². The van der Waals surface area contributed by atoms with Gasteiger partial charge in [0.1, 0.15) is 16.2 Å². The number of thiophene rings is 1. The molecule has 24 heavy (non-hydrogen) atoms. The average Bonchev–Trinajstić information content (AvgIpc) is 2.97. The van der Waals surface area contributed by atoms with Crippen LogP contribution in [0.25, 0.3) is 10.2 Å². The molecule has 2 amide bonds. The fourth-order valence-electron chi connectivity index (χ4n) is 2.79. The highest BCUT2D eigenvalue weighted by molar-refractivity contribution is 8.00. The number of thioether (sulfide) groups is 1. The first-order chi connectivity index (χ1) is 11.7. The molecule has 3 rings (SSSR count). The van der Waals surface area contributed by atoms with Crippen LogP contribution in [0.15, 0.2) is 11.4 Å². The number of hydrogen-bond acceptors (Lipinski definition) is 6. The van der Waals surface area contributed by atoms with E-state index >= 15 is 0 Å². The number of carbonyl (C=O) groups is 2. The summed E-state index contributed by atoms with van der Waals surface area (Å²) in [5.41, 5.74) is 1.37. The lowest BCUT2D eigenvalue weighted by Crippen LogP contribution is -2.37. The maximum absolute atomic E-state index is 11.9. The third-order valence-corrected chi connectivity index (χ3v) is 6.07. The standard InChI is InChI=1S/C16H20N4O2S2/c1-2-17-12(21)7-18-13(22)8-23-15-14-10-5-3-4-6-11(10)24-16(14)20-9-19-15/h9H,2-8H2,1H3,(H,17,21)(H,18,22). The summed E-state index contributed by atoms with van der Waals surface area (Å²) in [5.74, 6) is -0.0924. The Labute approximate surface area is 148 Å². The normalized spacial score (nSPS) is 13.5. The highest BCUT2D eigenvalue weighted by Gasteiger charge is 2.20. The molecule has 1 aliphatic carbocycles. The van der Waals surface area contributed by atoms with Gasteiger partial charge >= 0.3 is 0 Å². The third kappa shape index (κ3) is 3.87. The molecule has 8 heteroatoms. The summed E-state index contributed by atoms with van der Waals surface area (Å²) in [6.45, 7) is 2.42. The molecule has 0 unspecified atom stereocenters. The summed E-state index contributed by atoms with van der Waals surface area (Å²) in [5, 5.41) is 7.27. The summed E-state index contributed by atoms with van der Waals surface area (Å²) in [7, 11) is 0. The molecule has 0 spiro atoms. The highest BCUT2D eigenvalue weighted by atomic mass is 32.2. The van der Waals surface area contributed by atoms with E-state index in [-0.39, 0.29) is 24.1 Å². The molecular formula is C16H20N4O2S2. The molecule has 2 N–H and O–H groups in total. The number of amides is 2. The van der Waals surface area contributed by atoms with Crippen LogP contribution in [0.5, 0.6) is 0 Å². The van der Waals surface area contributed by atoms with Gasteiger partial charge in [-0.1, -0.05) is 11.8 Å². The van der Waals surface area contributed by atoms with Crippen molar-refractivity contribution in [2.75, 3.05) is 18.8 Å². The monoisotopic (exact) mass is 364 g/mol. The molecule has 0 aliphatic heterocycles. The molecule has 0 atom stereocenters. The zero-order valence-corrected chi connectivity index (χ0v) is 15.2. The van der Waals surface area contributed by atoms with Crippen molar-refractivity contribution in [2.45, 2.75) is 37.6 Å². The van der Waals surface area contributed by atoms with E-state index in [1.165, 1.54) is 35.0 Å². The van der Waals surface area contributed by atoms with Crippen molar-refractivity contribution in [3.63, 3.8) is 0 Å². The molecule has 0 radical (unpaired) electrons. The van der Waals surface area contributed by atoms with Crippen LogP contribution in [-0.4, -0.2) is 40.6 Å². The second-order valence-electron chi connectivity index (χ2n) is 5.59. The van der Waals surface area contributed by atoms with Gasteiger partial charge in [0.05, 0.1) is 12.3 Å². The third-order valence-electron chi connectivity index (χ3n) is 3.88. The predicted molar refractivity (Wildman–Crippen MR) is 96.5 cm³/mol. The molecule has 6 nitrogen and oxygen atoms in total. The van der Waals surface area contributed by atoms with E-state index in [2.05, 4.69) is 20.6 Å². The van der Waals surface area contributed by atoms with Crippen molar-refractivity contribution in [3.8, 4) is 0 Å². The topological polar surface area (TPSA) is 84.0 Å². The Morgan fingerprint density at radius 2 is 2.04 bits per heavy atom. The number of rotatable bonds is 6. The quantitative estimate of drug-likeness (QED) is 0.604. The first-order valence-corrected chi connectivity index (χ1v) is 9.90. The second kappa shape index (κ2) is 7.94. The van der Waals surface area contributed by atoms with E-state index in [0.29, 0.717) is 6.54 Å². The number of fused-ring (bicyclic) bond motifs is 3. The molecule has 2 heterocycles. The van der Waals surface area contributed by atoms with Gasteiger partial charge in [-0.3, -0.25) is 9.59 Å². The van der Waals surface area contributed by atoms with E-state index in [1.54, 1.807) is 17.7 Å². The van der Waals surface area contributed by atoms with Gasteiger partial charge in [-0.25, -0.2) is 9.97 Å². The molecule has 1 aliphatic rings. The number of likely N-dealkylation sites (N-methyl/N-ethyl adjacent to an activating group) is 1. The lowest BCUT2D eigenvalue weighted by atomic mass is 9.97. The molecule has 0 bridgehead atoms. The number of aromatic nitrogens is 2. The molecule has 0 aromatic carbocycles. The van der Waals surface area contributed by atoms with Crippen molar-refractivity contribution in [2.24, 2.45) is 0 Å². The van der Waals surface area contributed by atoms with Crippen molar-refractivity contribution in [3.05, 3.63) is 16.8 Å². The molecular weight excluding hydrogens is 344 g/mol. The minimum Gasteiger partial charge on any atom is -0.355 e. The summed E-state index contributed by atoms with van der Waals surface area (Å²) < 4.78 is 0. The van der Waals surface area contributed by atoms with Gasteiger partial charge in [0.15, 0.2) is 0 Å². The smallest absolute Gasteiger partial charge is 0.239 e. The van der Waals surface area contributed by atoms with Gasteiger partial charge in [-0.15, -0.1) is 11.3 Å². The summed E-state index contributed by atoms with van der Waals surface area (Å²) >= 11 is 3.16. The fourth-order valence-corrected chi connectivity index (χ4v) is 4.94. The molecule has 2 aromatic rings. The van der Waals surface area contributed by atoms with Crippen LogP contribution in [-0.2, 0) is 22.4 Å². The lowest BCUT2D eigenvalue weighted by Gasteiger charge is -2.11. The largest absolute Gasteiger partial charge is 0.355 e. The van der Waals surface area contributed by atoms with Crippen LogP contribution >= 0.6 is 23.1 Å². The van der Waals surface area contributed by atoms with Crippen molar-refractivity contribution < 1.29 is 9.59 Å². The van der Waals surface area contributed by atoms with Gasteiger partial charge in [0, 0.05) is 16.8 Å². The first-order valence-electron chi connectivity index (χ1n) is 8.10. The maximum Gasteiger partial charge on any atom is 0.239 e. The molecule has 2 aromatic heterocycles. The predicted octanol–water partition coefficient (Wildman–Crippen LogP) is 1.91. The summed E-state index contributed by atoms with van der Waals surface area (Å²) in [6, 6.07) is 0. The fraction of sp³-hybridized carbons (Fsp3) is 0.500. The van der Waals surface area contributed by atoms with E-state index in [0.717, 1.165) is 28.1 Å². The zero-order chi connectivity index (χ0) is 16.9. The Kier molecular flexibility index (Phi) is 5.68. The number of nitrogens with zero attached hydrogens (tertiary/aromatic N) is 2. The molecule has 128 valence electrons. The molecule has 0 saturated heterocycles. The Balaban J connectivity index is 1.66. The van der Waals surface area contributed by atoms with Crippen molar-refractivity contribution in [1.82, 2.24) is 20.6 Å².